The number of carbonyl (C=O) groups excluding carboxylic acids is 1. The number of amides is 1. The number of phenols is 1. The van der Waals surface area contributed by atoms with E-state index in [0.29, 0.717) is 12.0 Å². The van der Waals surface area contributed by atoms with Crippen molar-refractivity contribution in [2.24, 2.45) is 5.92 Å². The highest BCUT2D eigenvalue weighted by atomic mass is 16.4. The molecular weight excluding hydrogens is 270 g/mol. The van der Waals surface area contributed by atoms with E-state index in [4.69, 9.17) is 5.11 Å². The first-order chi connectivity index (χ1) is 9.81. The highest BCUT2D eigenvalue weighted by molar-refractivity contribution is 5.95. The van der Waals surface area contributed by atoms with Crippen molar-refractivity contribution in [2.45, 2.75) is 46.1 Å². The van der Waals surface area contributed by atoms with Crippen LogP contribution in [0.25, 0.3) is 0 Å². The lowest BCUT2D eigenvalue weighted by Gasteiger charge is -2.15. The van der Waals surface area contributed by atoms with Gasteiger partial charge in [0.05, 0.1) is 5.92 Å². The normalized spacial score (nSPS) is 13.5. The van der Waals surface area contributed by atoms with Crippen LogP contribution in [0.3, 0.4) is 0 Å². The van der Waals surface area contributed by atoms with Crippen molar-refractivity contribution in [1.82, 2.24) is 5.32 Å². The van der Waals surface area contributed by atoms with E-state index < -0.39 is 5.97 Å². The summed E-state index contributed by atoms with van der Waals surface area (Å²) in [6, 6.07) is 4.61. The van der Waals surface area contributed by atoms with Crippen LogP contribution >= 0.6 is 0 Å². The van der Waals surface area contributed by atoms with Crippen molar-refractivity contribution in [1.29, 1.82) is 0 Å². The van der Waals surface area contributed by atoms with Gasteiger partial charge < -0.3 is 15.5 Å². The second-order valence-corrected chi connectivity index (χ2v) is 5.54. The number of phenolic OH excluding ortho intramolecular Hbond substituents is 1. The molecule has 3 N–H and O–H groups in total. The number of carbonyl (C=O) groups is 2. The number of hydrogen-bond acceptors (Lipinski definition) is 3. The zero-order valence-electron chi connectivity index (χ0n) is 12.7. The number of aromatic hydroxyl groups is 1. The Bertz CT molecular complexity index is 513. The lowest BCUT2D eigenvalue weighted by Crippen LogP contribution is -2.33. The summed E-state index contributed by atoms with van der Waals surface area (Å²) < 4.78 is 0. The number of aryl methyl sites for hydroxylation is 1. The van der Waals surface area contributed by atoms with E-state index >= 15 is 0 Å². The van der Waals surface area contributed by atoms with Crippen LogP contribution in [0.5, 0.6) is 5.75 Å². The molecule has 116 valence electrons. The maximum absolute atomic E-state index is 12.1. The van der Waals surface area contributed by atoms with Crippen molar-refractivity contribution in [3.63, 3.8) is 0 Å². The molecule has 0 saturated heterocycles. The Kier molecular flexibility index (Phi) is 6.21. The average Bonchev–Trinajstić information content (AvgIpc) is 2.37. The molecule has 2 atom stereocenters. The first kappa shape index (κ1) is 17.0. The number of rotatable bonds is 7. The summed E-state index contributed by atoms with van der Waals surface area (Å²) in [4.78, 5) is 22.8. The van der Waals surface area contributed by atoms with Gasteiger partial charge in [0.2, 0.25) is 0 Å². The van der Waals surface area contributed by atoms with Crippen LogP contribution in [0, 0.1) is 12.8 Å². The first-order valence-electron chi connectivity index (χ1n) is 7.14. The predicted octanol–water partition coefficient (Wildman–Crippen LogP) is 2.71. The van der Waals surface area contributed by atoms with Gasteiger partial charge in [0.25, 0.3) is 5.91 Å². The third-order valence-corrected chi connectivity index (χ3v) is 3.53. The Morgan fingerprint density at radius 1 is 1.24 bits per heavy atom. The molecule has 0 bridgehead atoms. The highest BCUT2D eigenvalue weighted by Crippen LogP contribution is 2.16. The molecular formula is C16H23NO4. The van der Waals surface area contributed by atoms with Crippen LogP contribution in [0.2, 0.25) is 0 Å². The molecule has 21 heavy (non-hydrogen) atoms. The fraction of sp³-hybridized carbons (Fsp3) is 0.500. The minimum absolute atomic E-state index is 0.0216. The molecule has 2 unspecified atom stereocenters. The van der Waals surface area contributed by atoms with Crippen molar-refractivity contribution in [3.8, 4) is 5.75 Å². The average molecular weight is 293 g/mol. The SMILES string of the molecule is Cc1cc(O)ccc1C(=O)NC(C)CCCC(C)C(=O)O. The molecule has 5 heteroatoms. The molecule has 0 fully saturated rings. The molecule has 0 heterocycles. The van der Waals surface area contributed by atoms with Crippen LogP contribution in [0.15, 0.2) is 18.2 Å². The maximum atomic E-state index is 12.1. The third kappa shape index (κ3) is 5.45. The molecule has 1 rings (SSSR count). The third-order valence-electron chi connectivity index (χ3n) is 3.53. The van der Waals surface area contributed by atoms with E-state index in [9.17, 15) is 14.7 Å². The summed E-state index contributed by atoms with van der Waals surface area (Å²) in [5.41, 5.74) is 1.26. The Hall–Kier alpha value is -2.04. The molecule has 0 aliphatic carbocycles. The van der Waals surface area contributed by atoms with Gasteiger partial charge in [0, 0.05) is 11.6 Å². The standard InChI is InChI=1S/C16H23NO4/c1-10(16(20)21)5-4-6-12(3)17-15(19)14-8-7-13(18)9-11(14)2/h7-10,12,18H,4-6H2,1-3H3,(H,17,19)(H,20,21). The Morgan fingerprint density at radius 3 is 2.48 bits per heavy atom. The number of aliphatic carboxylic acids is 1. The molecule has 0 saturated carbocycles. The number of carboxylic acid groups (broad SMARTS) is 1. The summed E-state index contributed by atoms with van der Waals surface area (Å²) >= 11 is 0. The molecule has 0 spiro atoms. The van der Waals surface area contributed by atoms with Crippen molar-refractivity contribution < 1.29 is 19.8 Å². The van der Waals surface area contributed by atoms with E-state index in [1.54, 1.807) is 26.0 Å². The zero-order valence-corrected chi connectivity index (χ0v) is 12.7. The van der Waals surface area contributed by atoms with Gasteiger partial charge in [0.15, 0.2) is 0 Å². The number of carboxylic acids is 1. The molecule has 1 aromatic rings. The summed E-state index contributed by atoms with van der Waals surface area (Å²) in [6.07, 6.45) is 2.09. The number of benzene rings is 1. The second kappa shape index (κ2) is 7.67. The maximum Gasteiger partial charge on any atom is 0.306 e. The first-order valence-corrected chi connectivity index (χ1v) is 7.14. The smallest absolute Gasteiger partial charge is 0.306 e. The van der Waals surface area contributed by atoms with Crippen LogP contribution in [-0.4, -0.2) is 28.1 Å². The van der Waals surface area contributed by atoms with Gasteiger partial charge in [-0.1, -0.05) is 13.3 Å². The minimum atomic E-state index is -0.786. The van der Waals surface area contributed by atoms with Gasteiger partial charge in [-0.2, -0.15) is 0 Å². The molecule has 0 aliphatic heterocycles. The largest absolute Gasteiger partial charge is 0.508 e. The van der Waals surface area contributed by atoms with E-state index in [1.165, 1.54) is 6.07 Å². The highest BCUT2D eigenvalue weighted by Gasteiger charge is 2.14. The molecule has 1 aromatic carbocycles. The quantitative estimate of drug-likeness (QED) is 0.721. The molecule has 0 aliphatic rings. The van der Waals surface area contributed by atoms with Crippen LogP contribution in [0.1, 0.15) is 49.0 Å². The van der Waals surface area contributed by atoms with Gasteiger partial charge in [-0.3, -0.25) is 9.59 Å². The lowest BCUT2D eigenvalue weighted by molar-refractivity contribution is -0.141. The Balaban J connectivity index is 2.45. The van der Waals surface area contributed by atoms with Crippen LogP contribution in [0.4, 0.5) is 0 Å². The molecule has 0 aromatic heterocycles. The predicted molar refractivity (Wildman–Crippen MR) is 80.4 cm³/mol. The molecule has 1 amide bonds. The lowest BCUT2D eigenvalue weighted by atomic mass is 10.0. The second-order valence-electron chi connectivity index (χ2n) is 5.54. The summed E-state index contributed by atoms with van der Waals surface area (Å²) in [6.45, 7) is 5.36. The Labute approximate surface area is 125 Å². The van der Waals surface area contributed by atoms with Crippen molar-refractivity contribution in [2.75, 3.05) is 0 Å². The summed E-state index contributed by atoms with van der Waals surface area (Å²) in [7, 11) is 0. The van der Waals surface area contributed by atoms with Gasteiger partial charge in [0.1, 0.15) is 5.75 Å². The van der Waals surface area contributed by atoms with Crippen LogP contribution in [-0.2, 0) is 4.79 Å². The molecule has 0 radical (unpaired) electrons. The van der Waals surface area contributed by atoms with E-state index in [1.807, 2.05) is 6.92 Å². The van der Waals surface area contributed by atoms with Crippen molar-refractivity contribution >= 4 is 11.9 Å². The van der Waals surface area contributed by atoms with E-state index in [0.717, 1.165) is 18.4 Å². The van der Waals surface area contributed by atoms with Crippen molar-refractivity contribution in [3.05, 3.63) is 29.3 Å². The summed E-state index contributed by atoms with van der Waals surface area (Å²) in [5, 5.41) is 21.0. The van der Waals surface area contributed by atoms with Gasteiger partial charge in [-0.15, -0.1) is 0 Å². The Morgan fingerprint density at radius 2 is 1.90 bits per heavy atom. The van der Waals surface area contributed by atoms with E-state index in [2.05, 4.69) is 5.32 Å². The summed E-state index contributed by atoms with van der Waals surface area (Å²) in [5.74, 6) is -1.18. The monoisotopic (exact) mass is 293 g/mol. The van der Waals surface area contributed by atoms with Gasteiger partial charge in [-0.25, -0.2) is 0 Å². The van der Waals surface area contributed by atoms with Gasteiger partial charge >= 0.3 is 5.97 Å². The number of hydrogen-bond donors (Lipinski definition) is 3. The fourth-order valence-electron chi connectivity index (χ4n) is 2.13. The fourth-order valence-corrected chi connectivity index (χ4v) is 2.13. The van der Waals surface area contributed by atoms with E-state index in [-0.39, 0.29) is 23.6 Å². The van der Waals surface area contributed by atoms with Crippen LogP contribution < -0.4 is 5.32 Å². The molecule has 5 nitrogen and oxygen atoms in total. The topological polar surface area (TPSA) is 86.6 Å². The number of nitrogens with one attached hydrogen (secondary N) is 1. The minimum Gasteiger partial charge on any atom is -0.508 e. The van der Waals surface area contributed by atoms with Gasteiger partial charge in [-0.05, 0) is 50.5 Å². The zero-order chi connectivity index (χ0) is 16.0.